The van der Waals surface area contributed by atoms with Gasteiger partial charge in [-0.15, -0.1) is 0 Å². The second kappa shape index (κ2) is 7.93. The maximum atomic E-state index is 9.04. The third-order valence-corrected chi connectivity index (χ3v) is 3.40. The van der Waals surface area contributed by atoms with Crippen LogP contribution in [0.4, 0.5) is 0 Å². The van der Waals surface area contributed by atoms with E-state index in [1.54, 1.807) is 0 Å². The summed E-state index contributed by atoms with van der Waals surface area (Å²) in [6.07, 6.45) is 2.25. The zero-order chi connectivity index (χ0) is 12.7. The molecule has 0 aliphatic carbocycles. The number of nitrogens with zero attached hydrogens (tertiary/aromatic N) is 1. The highest BCUT2D eigenvalue weighted by Crippen LogP contribution is 2.25. The van der Waals surface area contributed by atoms with Gasteiger partial charge in [0, 0.05) is 28.7 Å². The lowest BCUT2D eigenvalue weighted by molar-refractivity contribution is 0.188. The molecule has 0 heterocycles. The summed E-state index contributed by atoms with van der Waals surface area (Å²) < 4.78 is 0. The first-order chi connectivity index (χ1) is 8.19. The van der Waals surface area contributed by atoms with Crippen LogP contribution < -0.4 is 0 Å². The molecule has 0 amide bonds. The van der Waals surface area contributed by atoms with Gasteiger partial charge in [-0.2, -0.15) is 0 Å². The topological polar surface area (TPSA) is 23.5 Å². The van der Waals surface area contributed by atoms with Crippen LogP contribution in [0.5, 0.6) is 0 Å². The monoisotopic (exact) mass is 275 g/mol. The van der Waals surface area contributed by atoms with Crippen LogP contribution in [0, 0.1) is 0 Å². The molecule has 0 unspecified atom stereocenters. The summed E-state index contributed by atoms with van der Waals surface area (Å²) in [5.41, 5.74) is 0.945. The first-order valence-electron chi connectivity index (χ1n) is 5.95. The van der Waals surface area contributed by atoms with E-state index in [1.807, 2.05) is 18.2 Å². The number of hydrogen-bond donors (Lipinski definition) is 1. The van der Waals surface area contributed by atoms with E-state index in [0.29, 0.717) is 23.1 Å². The largest absolute Gasteiger partial charge is 0.395 e. The quantitative estimate of drug-likeness (QED) is 0.822. The number of aliphatic hydroxyl groups is 1. The molecule has 0 saturated heterocycles. The Kier molecular flexibility index (Phi) is 6.90. The fraction of sp³-hybridized carbons (Fsp3) is 0.538. The van der Waals surface area contributed by atoms with E-state index in [2.05, 4.69) is 11.8 Å². The third kappa shape index (κ3) is 4.84. The van der Waals surface area contributed by atoms with Gasteiger partial charge < -0.3 is 5.11 Å². The van der Waals surface area contributed by atoms with Gasteiger partial charge >= 0.3 is 0 Å². The van der Waals surface area contributed by atoms with E-state index in [4.69, 9.17) is 28.3 Å². The summed E-state index contributed by atoms with van der Waals surface area (Å²) in [5.74, 6) is 0. The number of benzene rings is 1. The molecule has 4 heteroatoms. The first-order valence-corrected chi connectivity index (χ1v) is 6.70. The Morgan fingerprint density at radius 3 is 2.35 bits per heavy atom. The first kappa shape index (κ1) is 14.8. The van der Waals surface area contributed by atoms with E-state index < -0.39 is 0 Å². The van der Waals surface area contributed by atoms with Crippen molar-refractivity contribution in [1.82, 2.24) is 4.90 Å². The fourth-order valence-corrected chi connectivity index (χ4v) is 2.22. The lowest BCUT2D eigenvalue weighted by Crippen LogP contribution is -2.27. The molecule has 17 heavy (non-hydrogen) atoms. The molecular weight excluding hydrogens is 257 g/mol. The Morgan fingerprint density at radius 1 is 1.18 bits per heavy atom. The number of aliphatic hydroxyl groups excluding tert-OH is 1. The zero-order valence-corrected chi connectivity index (χ0v) is 11.6. The molecule has 0 bridgehead atoms. The number of hydrogen-bond acceptors (Lipinski definition) is 2. The summed E-state index contributed by atoms with van der Waals surface area (Å²) >= 11 is 12.3. The highest BCUT2D eigenvalue weighted by atomic mass is 35.5. The van der Waals surface area contributed by atoms with Gasteiger partial charge in [0.2, 0.25) is 0 Å². The van der Waals surface area contributed by atoms with Crippen LogP contribution in [0.2, 0.25) is 10.0 Å². The van der Waals surface area contributed by atoms with Crippen LogP contribution in [-0.2, 0) is 6.54 Å². The predicted molar refractivity (Wildman–Crippen MR) is 73.7 cm³/mol. The Hall–Kier alpha value is -0.280. The molecule has 0 saturated carbocycles. The lowest BCUT2D eigenvalue weighted by Gasteiger charge is -2.22. The summed E-state index contributed by atoms with van der Waals surface area (Å²) in [4.78, 5) is 2.18. The van der Waals surface area contributed by atoms with Crippen LogP contribution in [0.15, 0.2) is 18.2 Å². The number of unbranched alkanes of at least 4 members (excludes halogenated alkanes) is 1. The Bertz CT molecular complexity index is 324. The molecule has 0 atom stereocenters. The van der Waals surface area contributed by atoms with Crippen LogP contribution in [0.25, 0.3) is 0 Å². The minimum atomic E-state index is 0.159. The molecule has 0 aliphatic heterocycles. The van der Waals surface area contributed by atoms with Gasteiger partial charge in [-0.05, 0) is 25.1 Å². The van der Waals surface area contributed by atoms with Gasteiger partial charge in [0.05, 0.1) is 6.61 Å². The molecule has 96 valence electrons. The van der Waals surface area contributed by atoms with Gasteiger partial charge in [0.25, 0.3) is 0 Å². The zero-order valence-electron chi connectivity index (χ0n) is 10.1. The van der Waals surface area contributed by atoms with E-state index >= 15 is 0 Å². The minimum absolute atomic E-state index is 0.159. The van der Waals surface area contributed by atoms with Crippen LogP contribution in [0.3, 0.4) is 0 Å². The van der Waals surface area contributed by atoms with Crippen molar-refractivity contribution in [3.8, 4) is 0 Å². The molecular formula is C13H19Cl2NO. The summed E-state index contributed by atoms with van der Waals surface area (Å²) in [7, 11) is 0. The number of rotatable bonds is 7. The highest BCUT2D eigenvalue weighted by molar-refractivity contribution is 6.35. The third-order valence-electron chi connectivity index (χ3n) is 2.69. The second-order valence-corrected chi connectivity index (χ2v) is 4.87. The standard InChI is InChI=1S/C13H19Cl2NO/c1-2-3-7-16(8-9-17)10-11-12(14)5-4-6-13(11)15/h4-6,17H,2-3,7-10H2,1H3. The van der Waals surface area contributed by atoms with Crippen molar-refractivity contribution in [3.05, 3.63) is 33.8 Å². The molecule has 0 aromatic heterocycles. The predicted octanol–water partition coefficient (Wildman–Crippen LogP) is 3.59. The summed E-state index contributed by atoms with van der Waals surface area (Å²) in [6, 6.07) is 5.54. The van der Waals surface area contributed by atoms with Crippen molar-refractivity contribution < 1.29 is 5.11 Å². The molecule has 1 aromatic rings. The van der Waals surface area contributed by atoms with Crippen LogP contribution in [0.1, 0.15) is 25.3 Å². The molecule has 1 rings (SSSR count). The average molecular weight is 276 g/mol. The number of halogens is 2. The van der Waals surface area contributed by atoms with Crippen LogP contribution >= 0.6 is 23.2 Å². The van der Waals surface area contributed by atoms with Gasteiger partial charge in [0.15, 0.2) is 0 Å². The van der Waals surface area contributed by atoms with Gasteiger partial charge in [-0.25, -0.2) is 0 Å². The maximum absolute atomic E-state index is 9.04. The lowest BCUT2D eigenvalue weighted by atomic mass is 10.2. The van der Waals surface area contributed by atoms with Crippen molar-refractivity contribution >= 4 is 23.2 Å². The molecule has 0 spiro atoms. The maximum Gasteiger partial charge on any atom is 0.0558 e. The Labute approximate surface area is 113 Å². The SMILES string of the molecule is CCCCN(CCO)Cc1c(Cl)cccc1Cl. The molecule has 2 nitrogen and oxygen atoms in total. The Balaban J connectivity index is 2.70. The van der Waals surface area contributed by atoms with Crippen molar-refractivity contribution in [3.63, 3.8) is 0 Å². The highest BCUT2D eigenvalue weighted by Gasteiger charge is 2.10. The van der Waals surface area contributed by atoms with Gasteiger partial charge in [0.1, 0.15) is 0 Å². The molecule has 0 aliphatic rings. The molecule has 0 fully saturated rings. The van der Waals surface area contributed by atoms with Crippen molar-refractivity contribution in [2.45, 2.75) is 26.3 Å². The molecule has 0 radical (unpaired) electrons. The molecule has 1 N–H and O–H groups in total. The van der Waals surface area contributed by atoms with Crippen molar-refractivity contribution in [2.75, 3.05) is 19.7 Å². The van der Waals surface area contributed by atoms with Gasteiger partial charge in [-0.1, -0.05) is 42.6 Å². The second-order valence-electron chi connectivity index (χ2n) is 4.05. The van der Waals surface area contributed by atoms with E-state index in [0.717, 1.165) is 24.9 Å². The Morgan fingerprint density at radius 2 is 1.82 bits per heavy atom. The van der Waals surface area contributed by atoms with Crippen molar-refractivity contribution in [1.29, 1.82) is 0 Å². The smallest absolute Gasteiger partial charge is 0.0558 e. The average Bonchev–Trinajstić information content (AvgIpc) is 2.31. The summed E-state index contributed by atoms with van der Waals surface area (Å²) in [5, 5.41) is 10.4. The van der Waals surface area contributed by atoms with Crippen molar-refractivity contribution in [2.24, 2.45) is 0 Å². The summed E-state index contributed by atoms with van der Waals surface area (Å²) in [6.45, 7) is 4.62. The van der Waals surface area contributed by atoms with E-state index in [9.17, 15) is 0 Å². The minimum Gasteiger partial charge on any atom is -0.395 e. The van der Waals surface area contributed by atoms with E-state index in [1.165, 1.54) is 0 Å². The fourth-order valence-electron chi connectivity index (χ4n) is 1.70. The van der Waals surface area contributed by atoms with Gasteiger partial charge in [-0.3, -0.25) is 4.90 Å². The normalized spacial score (nSPS) is 11.1. The molecule has 1 aromatic carbocycles. The van der Waals surface area contributed by atoms with Crippen LogP contribution in [-0.4, -0.2) is 29.7 Å². The van der Waals surface area contributed by atoms with E-state index in [-0.39, 0.29) is 6.61 Å².